The number of carbonyl (C=O) groups is 1. The van der Waals surface area contributed by atoms with Gasteiger partial charge < -0.3 is 19.4 Å². The van der Waals surface area contributed by atoms with Gasteiger partial charge in [0.25, 0.3) is 6.01 Å². The molecule has 0 bridgehead atoms. The number of amides is 1. The molecule has 1 aromatic carbocycles. The number of rotatable bonds is 4. The zero-order valence-electron chi connectivity index (χ0n) is 11.2. The van der Waals surface area contributed by atoms with Crippen molar-refractivity contribution in [3.63, 3.8) is 0 Å². The molecule has 0 unspecified atom stereocenters. The Hall–Kier alpha value is -2.08. The third-order valence-corrected chi connectivity index (χ3v) is 3.27. The third kappa shape index (κ3) is 2.91. The van der Waals surface area contributed by atoms with E-state index in [1.807, 2.05) is 29.2 Å². The van der Waals surface area contributed by atoms with E-state index in [-0.39, 0.29) is 5.91 Å². The molecule has 1 saturated heterocycles. The summed E-state index contributed by atoms with van der Waals surface area (Å²) in [5.74, 6) is 0.136. The predicted octanol–water partition coefficient (Wildman–Crippen LogP) is 1.49. The Morgan fingerprint density at radius 2 is 2.10 bits per heavy atom. The fraction of sp³-hybridized carbons (Fsp3) is 0.429. The fourth-order valence-electron chi connectivity index (χ4n) is 2.20. The first-order chi connectivity index (χ1) is 9.83. The molecule has 0 radical (unpaired) electrons. The summed E-state index contributed by atoms with van der Waals surface area (Å²) in [6.45, 7) is 3.14. The number of nitrogens with zero attached hydrogens (tertiary/aromatic N) is 2. The van der Waals surface area contributed by atoms with Crippen molar-refractivity contribution in [1.82, 2.24) is 9.88 Å². The number of benzene rings is 1. The smallest absolute Gasteiger partial charge is 0.295 e. The van der Waals surface area contributed by atoms with Gasteiger partial charge in [-0.05, 0) is 12.1 Å². The van der Waals surface area contributed by atoms with E-state index in [2.05, 4.69) is 10.3 Å². The van der Waals surface area contributed by atoms with Crippen molar-refractivity contribution < 1.29 is 13.9 Å². The Bertz CT molecular complexity index is 557. The molecule has 1 aliphatic rings. The van der Waals surface area contributed by atoms with Gasteiger partial charge in [0.05, 0.1) is 13.2 Å². The molecular formula is C14H17N3O3. The van der Waals surface area contributed by atoms with Gasteiger partial charge >= 0.3 is 0 Å². The van der Waals surface area contributed by atoms with Crippen LogP contribution in [0.15, 0.2) is 28.7 Å². The average molecular weight is 275 g/mol. The number of oxazole rings is 1. The molecule has 20 heavy (non-hydrogen) atoms. The van der Waals surface area contributed by atoms with Crippen molar-refractivity contribution in [2.75, 3.05) is 38.2 Å². The second kappa shape index (κ2) is 5.92. The van der Waals surface area contributed by atoms with Gasteiger partial charge in [0.15, 0.2) is 5.58 Å². The van der Waals surface area contributed by atoms with Crippen molar-refractivity contribution in [2.45, 2.75) is 6.42 Å². The Morgan fingerprint density at radius 1 is 1.30 bits per heavy atom. The maximum atomic E-state index is 11.9. The molecule has 0 saturated carbocycles. The summed E-state index contributed by atoms with van der Waals surface area (Å²) in [6, 6.07) is 8.03. The van der Waals surface area contributed by atoms with Crippen molar-refractivity contribution in [1.29, 1.82) is 0 Å². The van der Waals surface area contributed by atoms with Crippen LogP contribution < -0.4 is 5.32 Å². The maximum Gasteiger partial charge on any atom is 0.295 e. The number of carbonyl (C=O) groups excluding carboxylic acids is 1. The summed E-state index contributed by atoms with van der Waals surface area (Å²) in [7, 11) is 0. The lowest BCUT2D eigenvalue weighted by molar-refractivity contribution is -0.134. The van der Waals surface area contributed by atoms with Crippen molar-refractivity contribution in [3.05, 3.63) is 24.3 Å². The van der Waals surface area contributed by atoms with E-state index < -0.39 is 0 Å². The van der Waals surface area contributed by atoms with Crippen LogP contribution in [0.1, 0.15) is 6.42 Å². The summed E-state index contributed by atoms with van der Waals surface area (Å²) < 4.78 is 10.8. The Morgan fingerprint density at radius 3 is 2.90 bits per heavy atom. The molecule has 1 fully saturated rings. The van der Waals surface area contributed by atoms with E-state index in [9.17, 15) is 4.79 Å². The molecule has 106 valence electrons. The summed E-state index contributed by atoms with van der Waals surface area (Å²) in [5, 5.41) is 3.05. The normalized spacial score (nSPS) is 15.5. The number of aromatic nitrogens is 1. The average Bonchev–Trinajstić information content (AvgIpc) is 2.90. The van der Waals surface area contributed by atoms with E-state index >= 15 is 0 Å². The number of hydrogen-bond donors (Lipinski definition) is 1. The standard InChI is InChI=1S/C14H17N3O3/c18-13(17-7-9-19-10-8-17)5-6-15-14-16-11-3-1-2-4-12(11)20-14/h1-4H,5-10H2,(H,15,16). The van der Waals surface area contributed by atoms with E-state index in [1.54, 1.807) is 0 Å². The topological polar surface area (TPSA) is 67.6 Å². The minimum Gasteiger partial charge on any atom is -0.424 e. The third-order valence-electron chi connectivity index (χ3n) is 3.27. The van der Waals surface area contributed by atoms with Crippen LogP contribution in [0.2, 0.25) is 0 Å². The maximum absolute atomic E-state index is 11.9. The first-order valence-electron chi connectivity index (χ1n) is 6.78. The molecule has 0 spiro atoms. The van der Waals surface area contributed by atoms with Crippen LogP contribution in [-0.4, -0.2) is 48.6 Å². The molecule has 1 aromatic heterocycles. The van der Waals surface area contributed by atoms with Crippen LogP contribution >= 0.6 is 0 Å². The van der Waals surface area contributed by atoms with E-state index in [4.69, 9.17) is 9.15 Å². The van der Waals surface area contributed by atoms with Crippen molar-refractivity contribution in [3.8, 4) is 0 Å². The van der Waals surface area contributed by atoms with Gasteiger partial charge in [-0.15, -0.1) is 0 Å². The zero-order valence-corrected chi connectivity index (χ0v) is 11.2. The van der Waals surface area contributed by atoms with Gasteiger partial charge in [-0.2, -0.15) is 4.98 Å². The Kier molecular flexibility index (Phi) is 3.83. The van der Waals surface area contributed by atoms with Gasteiger partial charge in [0.2, 0.25) is 5.91 Å². The lowest BCUT2D eigenvalue weighted by Gasteiger charge is -2.26. The molecule has 0 atom stereocenters. The van der Waals surface area contributed by atoms with Crippen LogP contribution in [0.4, 0.5) is 6.01 Å². The van der Waals surface area contributed by atoms with E-state index in [0.717, 1.165) is 11.1 Å². The number of hydrogen-bond acceptors (Lipinski definition) is 5. The largest absolute Gasteiger partial charge is 0.424 e. The molecule has 2 aromatic rings. The molecule has 1 aliphatic heterocycles. The molecule has 1 N–H and O–H groups in total. The first kappa shape index (κ1) is 12.9. The molecule has 6 heteroatoms. The summed E-state index contributed by atoms with van der Waals surface area (Å²) in [5.41, 5.74) is 1.56. The lowest BCUT2D eigenvalue weighted by atomic mass is 10.3. The highest BCUT2D eigenvalue weighted by atomic mass is 16.5. The second-order valence-corrected chi connectivity index (χ2v) is 4.66. The lowest BCUT2D eigenvalue weighted by Crippen LogP contribution is -2.41. The van der Waals surface area contributed by atoms with Gasteiger partial charge in [-0.1, -0.05) is 12.1 Å². The highest BCUT2D eigenvalue weighted by molar-refractivity contribution is 5.77. The van der Waals surface area contributed by atoms with E-state index in [1.165, 1.54) is 0 Å². The minimum absolute atomic E-state index is 0.136. The summed E-state index contributed by atoms with van der Waals surface area (Å²) in [6.07, 6.45) is 0.429. The highest BCUT2D eigenvalue weighted by Gasteiger charge is 2.16. The van der Waals surface area contributed by atoms with Crippen LogP contribution in [0.5, 0.6) is 0 Å². The number of fused-ring (bicyclic) bond motifs is 1. The molecule has 2 heterocycles. The number of morpholine rings is 1. The monoisotopic (exact) mass is 275 g/mol. The second-order valence-electron chi connectivity index (χ2n) is 4.66. The SMILES string of the molecule is O=C(CCNc1nc2ccccc2o1)N1CCOCC1. The van der Waals surface area contributed by atoms with Crippen molar-refractivity contribution in [2.24, 2.45) is 0 Å². The predicted molar refractivity (Wildman–Crippen MR) is 74.5 cm³/mol. The minimum atomic E-state index is 0.136. The summed E-state index contributed by atoms with van der Waals surface area (Å²) in [4.78, 5) is 18.1. The van der Waals surface area contributed by atoms with Gasteiger partial charge in [0, 0.05) is 26.1 Å². The van der Waals surface area contributed by atoms with Crippen LogP contribution in [0.3, 0.4) is 0 Å². The number of para-hydroxylation sites is 2. The van der Waals surface area contributed by atoms with Crippen LogP contribution in [0.25, 0.3) is 11.1 Å². The number of ether oxygens (including phenoxy) is 1. The fourth-order valence-corrected chi connectivity index (χ4v) is 2.20. The molecule has 0 aliphatic carbocycles. The Balaban J connectivity index is 1.50. The Labute approximate surface area is 116 Å². The molecule has 3 rings (SSSR count). The number of anilines is 1. The van der Waals surface area contributed by atoms with E-state index in [0.29, 0.717) is 45.3 Å². The first-order valence-corrected chi connectivity index (χ1v) is 6.78. The number of nitrogens with one attached hydrogen (secondary N) is 1. The van der Waals surface area contributed by atoms with Crippen molar-refractivity contribution >= 4 is 23.0 Å². The summed E-state index contributed by atoms with van der Waals surface area (Å²) >= 11 is 0. The highest BCUT2D eigenvalue weighted by Crippen LogP contribution is 2.17. The van der Waals surface area contributed by atoms with Crippen LogP contribution in [0, 0.1) is 0 Å². The molecule has 6 nitrogen and oxygen atoms in total. The zero-order chi connectivity index (χ0) is 13.8. The van der Waals surface area contributed by atoms with Crippen LogP contribution in [-0.2, 0) is 9.53 Å². The van der Waals surface area contributed by atoms with Gasteiger partial charge in [-0.25, -0.2) is 0 Å². The van der Waals surface area contributed by atoms with Gasteiger partial charge in [-0.3, -0.25) is 4.79 Å². The van der Waals surface area contributed by atoms with Gasteiger partial charge in [0.1, 0.15) is 5.52 Å². The molecular weight excluding hydrogens is 258 g/mol. The quantitative estimate of drug-likeness (QED) is 0.915. The molecule has 1 amide bonds.